The molecule has 0 spiro atoms. The predicted molar refractivity (Wildman–Crippen MR) is 61.4 cm³/mol. The molecule has 0 saturated heterocycles. The molecule has 2 aromatic rings. The molecule has 18 heavy (non-hydrogen) atoms. The average molecular weight is 246 g/mol. The van der Waals surface area contributed by atoms with Gasteiger partial charge in [0.25, 0.3) is 0 Å². The lowest BCUT2D eigenvalue weighted by Crippen LogP contribution is -2.01. The monoisotopic (exact) mass is 246 g/mol. The van der Waals surface area contributed by atoms with Gasteiger partial charge in [-0.15, -0.1) is 0 Å². The number of benzene rings is 1. The second kappa shape index (κ2) is 5.24. The molecule has 92 valence electrons. The SMILES string of the molecule is O=C(O)c1cnc(Oc2ccccc2CO)cn1. The number of carboxylic acids is 1. The van der Waals surface area contributed by atoms with Crippen LogP contribution in [-0.4, -0.2) is 26.2 Å². The molecule has 1 aromatic carbocycles. The fourth-order valence-corrected chi connectivity index (χ4v) is 1.33. The number of rotatable bonds is 4. The molecule has 0 unspecified atom stereocenters. The van der Waals surface area contributed by atoms with Crippen molar-refractivity contribution >= 4 is 5.97 Å². The number of hydrogen-bond donors (Lipinski definition) is 2. The van der Waals surface area contributed by atoms with Gasteiger partial charge in [0, 0.05) is 5.56 Å². The van der Waals surface area contributed by atoms with Crippen molar-refractivity contribution < 1.29 is 19.7 Å². The van der Waals surface area contributed by atoms with E-state index in [1.807, 2.05) is 0 Å². The molecule has 0 saturated carbocycles. The highest BCUT2D eigenvalue weighted by Gasteiger charge is 2.07. The number of aromatic carboxylic acids is 1. The van der Waals surface area contributed by atoms with E-state index in [4.69, 9.17) is 14.9 Å². The first-order valence-electron chi connectivity index (χ1n) is 5.12. The van der Waals surface area contributed by atoms with Gasteiger partial charge in [0.05, 0.1) is 19.0 Å². The summed E-state index contributed by atoms with van der Waals surface area (Å²) in [7, 11) is 0. The van der Waals surface area contributed by atoms with E-state index in [9.17, 15) is 4.79 Å². The maximum Gasteiger partial charge on any atom is 0.356 e. The molecule has 0 atom stereocenters. The zero-order valence-corrected chi connectivity index (χ0v) is 9.28. The van der Waals surface area contributed by atoms with Crippen LogP contribution < -0.4 is 4.74 Å². The van der Waals surface area contributed by atoms with Crippen molar-refractivity contribution in [2.75, 3.05) is 0 Å². The van der Waals surface area contributed by atoms with Crippen molar-refractivity contribution in [1.29, 1.82) is 0 Å². The van der Waals surface area contributed by atoms with Crippen LogP contribution in [0.2, 0.25) is 0 Å². The van der Waals surface area contributed by atoms with Crippen LogP contribution in [0.25, 0.3) is 0 Å². The highest BCUT2D eigenvalue weighted by atomic mass is 16.5. The number of carbonyl (C=O) groups is 1. The van der Waals surface area contributed by atoms with Crippen LogP contribution >= 0.6 is 0 Å². The van der Waals surface area contributed by atoms with Gasteiger partial charge in [-0.1, -0.05) is 18.2 Å². The Bertz CT molecular complexity index is 554. The van der Waals surface area contributed by atoms with Crippen LogP contribution in [0.5, 0.6) is 11.6 Å². The summed E-state index contributed by atoms with van der Waals surface area (Å²) in [6, 6.07) is 6.93. The van der Waals surface area contributed by atoms with E-state index in [2.05, 4.69) is 9.97 Å². The lowest BCUT2D eigenvalue weighted by atomic mass is 10.2. The third kappa shape index (κ3) is 2.61. The van der Waals surface area contributed by atoms with Crippen molar-refractivity contribution in [3.63, 3.8) is 0 Å². The predicted octanol–water partition coefficient (Wildman–Crippen LogP) is 1.46. The van der Waals surface area contributed by atoms with Crippen molar-refractivity contribution in [2.24, 2.45) is 0 Å². The molecule has 2 rings (SSSR count). The summed E-state index contributed by atoms with van der Waals surface area (Å²) in [5.74, 6) is -0.525. The van der Waals surface area contributed by atoms with Gasteiger partial charge in [-0.3, -0.25) is 0 Å². The van der Waals surface area contributed by atoms with E-state index in [1.165, 1.54) is 6.20 Å². The number of aromatic nitrogens is 2. The van der Waals surface area contributed by atoms with Crippen LogP contribution in [-0.2, 0) is 6.61 Å². The fourth-order valence-electron chi connectivity index (χ4n) is 1.33. The standard InChI is InChI=1S/C12H10N2O4/c15-7-8-3-1-2-4-10(8)18-11-6-13-9(5-14-11)12(16)17/h1-6,15H,7H2,(H,16,17). The van der Waals surface area contributed by atoms with E-state index in [0.29, 0.717) is 11.3 Å². The van der Waals surface area contributed by atoms with E-state index in [1.54, 1.807) is 24.3 Å². The minimum Gasteiger partial charge on any atom is -0.476 e. The topological polar surface area (TPSA) is 92.5 Å². The van der Waals surface area contributed by atoms with Gasteiger partial charge in [0.2, 0.25) is 5.88 Å². The van der Waals surface area contributed by atoms with Gasteiger partial charge in [-0.25, -0.2) is 14.8 Å². The summed E-state index contributed by atoms with van der Waals surface area (Å²) in [5.41, 5.74) is 0.458. The van der Waals surface area contributed by atoms with Gasteiger partial charge in [0.15, 0.2) is 5.69 Å². The van der Waals surface area contributed by atoms with E-state index in [0.717, 1.165) is 6.20 Å². The Balaban J connectivity index is 2.21. The van der Waals surface area contributed by atoms with E-state index >= 15 is 0 Å². The first-order chi connectivity index (χ1) is 8.70. The first kappa shape index (κ1) is 12.0. The second-order valence-corrected chi connectivity index (χ2v) is 3.41. The Morgan fingerprint density at radius 2 is 2.00 bits per heavy atom. The smallest absolute Gasteiger partial charge is 0.356 e. The number of carboxylic acid groups (broad SMARTS) is 1. The lowest BCUT2D eigenvalue weighted by molar-refractivity contribution is 0.0690. The van der Waals surface area contributed by atoms with Gasteiger partial charge in [-0.05, 0) is 6.07 Å². The van der Waals surface area contributed by atoms with Crippen molar-refractivity contribution in [2.45, 2.75) is 6.61 Å². The number of para-hydroxylation sites is 1. The third-order valence-electron chi connectivity index (χ3n) is 2.20. The molecular formula is C12H10N2O4. The summed E-state index contributed by atoms with van der Waals surface area (Å²) in [5, 5.41) is 17.8. The number of nitrogens with zero attached hydrogens (tertiary/aromatic N) is 2. The van der Waals surface area contributed by atoms with Crippen LogP contribution in [0, 0.1) is 0 Å². The molecule has 0 bridgehead atoms. The summed E-state index contributed by atoms with van der Waals surface area (Å²) in [6.07, 6.45) is 2.33. The van der Waals surface area contributed by atoms with E-state index < -0.39 is 5.97 Å². The molecular weight excluding hydrogens is 236 g/mol. The highest BCUT2D eigenvalue weighted by Crippen LogP contribution is 2.23. The van der Waals surface area contributed by atoms with Gasteiger partial charge in [-0.2, -0.15) is 0 Å². The maximum absolute atomic E-state index is 10.6. The Morgan fingerprint density at radius 1 is 1.22 bits per heavy atom. The molecule has 0 fully saturated rings. The minimum absolute atomic E-state index is 0.155. The number of aliphatic hydroxyl groups is 1. The average Bonchev–Trinajstić information content (AvgIpc) is 2.40. The molecule has 1 aromatic heterocycles. The van der Waals surface area contributed by atoms with Gasteiger partial charge < -0.3 is 14.9 Å². The summed E-state index contributed by atoms with van der Waals surface area (Å²) in [4.78, 5) is 18.1. The van der Waals surface area contributed by atoms with Crippen molar-refractivity contribution in [3.8, 4) is 11.6 Å². The van der Waals surface area contributed by atoms with Crippen LogP contribution in [0.3, 0.4) is 0 Å². The maximum atomic E-state index is 10.6. The molecule has 0 radical (unpaired) electrons. The molecule has 0 aliphatic rings. The summed E-state index contributed by atoms with van der Waals surface area (Å²) in [6.45, 7) is -0.156. The number of ether oxygens (including phenoxy) is 1. The Morgan fingerprint density at radius 3 is 2.61 bits per heavy atom. The fraction of sp³-hybridized carbons (Fsp3) is 0.0833. The highest BCUT2D eigenvalue weighted by molar-refractivity contribution is 5.84. The Kier molecular flexibility index (Phi) is 3.49. The molecule has 6 nitrogen and oxygen atoms in total. The third-order valence-corrected chi connectivity index (χ3v) is 2.20. The largest absolute Gasteiger partial charge is 0.476 e. The molecule has 1 heterocycles. The summed E-state index contributed by atoms with van der Waals surface area (Å²) >= 11 is 0. The van der Waals surface area contributed by atoms with Crippen molar-refractivity contribution in [3.05, 3.63) is 47.9 Å². The van der Waals surface area contributed by atoms with Gasteiger partial charge >= 0.3 is 5.97 Å². The molecule has 0 aliphatic carbocycles. The number of aliphatic hydroxyl groups excluding tert-OH is 1. The van der Waals surface area contributed by atoms with Crippen LogP contribution in [0.4, 0.5) is 0 Å². The van der Waals surface area contributed by atoms with E-state index in [-0.39, 0.29) is 18.2 Å². The number of hydrogen-bond acceptors (Lipinski definition) is 5. The van der Waals surface area contributed by atoms with Gasteiger partial charge in [0.1, 0.15) is 5.75 Å². The molecule has 0 amide bonds. The summed E-state index contributed by atoms with van der Waals surface area (Å²) < 4.78 is 5.41. The van der Waals surface area contributed by atoms with Crippen LogP contribution in [0.1, 0.15) is 16.1 Å². The quantitative estimate of drug-likeness (QED) is 0.848. The lowest BCUT2D eigenvalue weighted by Gasteiger charge is -2.07. The zero-order valence-electron chi connectivity index (χ0n) is 9.28. The minimum atomic E-state index is -1.15. The Labute approximate surface area is 103 Å². The second-order valence-electron chi connectivity index (χ2n) is 3.41. The molecule has 0 aliphatic heterocycles. The van der Waals surface area contributed by atoms with Crippen molar-refractivity contribution in [1.82, 2.24) is 9.97 Å². The Hall–Kier alpha value is -2.47. The van der Waals surface area contributed by atoms with Crippen LogP contribution in [0.15, 0.2) is 36.7 Å². The molecule has 2 N–H and O–H groups in total. The molecule has 6 heteroatoms. The normalized spacial score (nSPS) is 10.1. The first-order valence-corrected chi connectivity index (χ1v) is 5.12. The zero-order chi connectivity index (χ0) is 13.0.